The maximum Gasteiger partial charge on any atom is 0.0334 e. The van der Waals surface area contributed by atoms with Crippen molar-refractivity contribution in [1.29, 1.82) is 0 Å². The Morgan fingerprint density at radius 2 is 2.25 bits per heavy atom. The molecular weight excluding hydrogens is 194 g/mol. The van der Waals surface area contributed by atoms with Crippen molar-refractivity contribution in [1.82, 2.24) is 5.32 Å². The van der Waals surface area contributed by atoms with E-state index in [0.717, 1.165) is 0 Å². The van der Waals surface area contributed by atoms with E-state index in [9.17, 15) is 0 Å². The van der Waals surface area contributed by atoms with Gasteiger partial charge in [-0.2, -0.15) is 0 Å². The Balaban J connectivity index is 2.29. The molecule has 0 saturated carbocycles. The topological polar surface area (TPSA) is 12.0 Å². The monoisotopic (exact) mass is 215 g/mol. The zero-order valence-electron chi connectivity index (χ0n) is 10.5. The molecule has 0 amide bonds. The van der Waals surface area contributed by atoms with E-state index in [1.54, 1.807) is 5.56 Å². The summed E-state index contributed by atoms with van der Waals surface area (Å²) in [4.78, 5) is 0. The first-order chi connectivity index (χ1) is 7.63. The SMILES string of the molecule is C=CC(C)NC1CC(C)c2c(C)cccc21. The third kappa shape index (κ3) is 1.92. The van der Waals surface area contributed by atoms with Gasteiger partial charge in [-0.3, -0.25) is 0 Å². The van der Waals surface area contributed by atoms with Crippen molar-refractivity contribution in [3.8, 4) is 0 Å². The maximum absolute atomic E-state index is 3.83. The van der Waals surface area contributed by atoms with Gasteiger partial charge in [0.2, 0.25) is 0 Å². The molecule has 1 heteroatoms. The molecule has 16 heavy (non-hydrogen) atoms. The third-order valence-electron chi connectivity index (χ3n) is 3.63. The summed E-state index contributed by atoms with van der Waals surface area (Å²) in [5, 5.41) is 3.62. The molecule has 0 aliphatic heterocycles. The molecule has 0 saturated heterocycles. The fourth-order valence-corrected chi connectivity index (χ4v) is 2.82. The van der Waals surface area contributed by atoms with Gasteiger partial charge in [0.15, 0.2) is 0 Å². The van der Waals surface area contributed by atoms with E-state index >= 15 is 0 Å². The van der Waals surface area contributed by atoms with Crippen molar-refractivity contribution in [2.45, 2.75) is 45.2 Å². The lowest BCUT2D eigenvalue weighted by Gasteiger charge is -2.17. The first-order valence-electron chi connectivity index (χ1n) is 6.11. The Hall–Kier alpha value is -1.08. The molecule has 86 valence electrons. The molecule has 1 aliphatic carbocycles. The number of hydrogen-bond acceptors (Lipinski definition) is 1. The maximum atomic E-state index is 3.83. The lowest BCUT2D eigenvalue weighted by Crippen LogP contribution is -2.27. The van der Waals surface area contributed by atoms with Gasteiger partial charge < -0.3 is 5.32 Å². The minimum Gasteiger partial charge on any atom is -0.304 e. The molecule has 1 N–H and O–H groups in total. The van der Waals surface area contributed by atoms with Gasteiger partial charge in [0.25, 0.3) is 0 Å². The fraction of sp³-hybridized carbons (Fsp3) is 0.467. The van der Waals surface area contributed by atoms with Gasteiger partial charge in [-0.25, -0.2) is 0 Å². The fourth-order valence-electron chi connectivity index (χ4n) is 2.82. The lowest BCUT2D eigenvalue weighted by atomic mass is 9.98. The minimum absolute atomic E-state index is 0.378. The normalized spacial score (nSPS) is 25.2. The van der Waals surface area contributed by atoms with Gasteiger partial charge in [-0.05, 0) is 42.9 Å². The highest BCUT2D eigenvalue weighted by Crippen LogP contribution is 2.41. The Labute approximate surface area is 98.6 Å². The number of rotatable bonds is 3. The summed E-state index contributed by atoms with van der Waals surface area (Å²) in [6.45, 7) is 10.5. The van der Waals surface area contributed by atoms with Crippen molar-refractivity contribution in [2.24, 2.45) is 0 Å². The summed E-state index contributed by atoms with van der Waals surface area (Å²) in [6, 6.07) is 7.52. The molecule has 1 aromatic carbocycles. The molecule has 3 unspecified atom stereocenters. The highest BCUT2D eigenvalue weighted by molar-refractivity contribution is 5.43. The van der Waals surface area contributed by atoms with Gasteiger partial charge >= 0.3 is 0 Å². The molecule has 0 radical (unpaired) electrons. The summed E-state index contributed by atoms with van der Waals surface area (Å²) >= 11 is 0. The molecule has 3 atom stereocenters. The van der Waals surface area contributed by atoms with Crippen LogP contribution < -0.4 is 5.32 Å². The van der Waals surface area contributed by atoms with Crippen LogP contribution in [0.5, 0.6) is 0 Å². The Bertz CT molecular complexity index is 394. The average Bonchev–Trinajstić information content (AvgIpc) is 2.57. The molecule has 0 aromatic heterocycles. The number of benzene rings is 1. The largest absolute Gasteiger partial charge is 0.304 e. The Morgan fingerprint density at radius 3 is 2.94 bits per heavy atom. The van der Waals surface area contributed by atoms with Crippen LogP contribution in [0.1, 0.15) is 48.9 Å². The van der Waals surface area contributed by atoms with Gasteiger partial charge in [-0.1, -0.05) is 31.2 Å². The van der Waals surface area contributed by atoms with Crippen molar-refractivity contribution in [3.05, 3.63) is 47.5 Å². The van der Waals surface area contributed by atoms with Crippen LogP contribution in [-0.4, -0.2) is 6.04 Å². The van der Waals surface area contributed by atoms with E-state index in [4.69, 9.17) is 0 Å². The molecule has 0 spiro atoms. The molecule has 1 nitrogen and oxygen atoms in total. The van der Waals surface area contributed by atoms with Crippen LogP contribution in [0.25, 0.3) is 0 Å². The molecule has 0 heterocycles. The van der Waals surface area contributed by atoms with Crippen LogP contribution in [0.3, 0.4) is 0 Å². The average molecular weight is 215 g/mol. The summed E-state index contributed by atoms with van der Waals surface area (Å²) in [6.07, 6.45) is 3.18. The second-order valence-electron chi connectivity index (χ2n) is 4.96. The quantitative estimate of drug-likeness (QED) is 0.758. The van der Waals surface area contributed by atoms with Crippen LogP contribution in [0.2, 0.25) is 0 Å². The van der Waals surface area contributed by atoms with Crippen molar-refractivity contribution >= 4 is 0 Å². The molecule has 0 bridgehead atoms. The van der Waals surface area contributed by atoms with E-state index in [0.29, 0.717) is 18.0 Å². The van der Waals surface area contributed by atoms with Gasteiger partial charge in [0.1, 0.15) is 0 Å². The summed E-state index contributed by atoms with van der Waals surface area (Å²) in [7, 11) is 0. The van der Waals surface area contributed by atoms with Gasteiger partial charge in [0, 0.05) is 12.1 Å². The molecule has 1 aromatic rings. The molecule has 0 fully saturated rings. The summed E-state index contributed by atoms with van der Waals surface area (Å²) < 4.78 is 0. The number of hydrogen-bond donors (Lipinski definition) is 1. The predicted molar refractivity (Wildman–Crippen MR) is 69.7 cm³/mol. The van der Waals surface area contributed by atoms with E-state index in [2.05, 4.69) is 50.9 Å². The third-order valence-corrected chi connectivity index (χ3v) is 3.63. The summed E-state index contributed by atoms with van der Waals surface area (Å²) in [5.41, 5.74) is 4.47. The van der Waals surface area contributed by atoms with E-state index in [1.807, 2.05) is 6.08 Å². The first kappa shape index (κ1) is 11.4. The highest BCUT2D eigenvalue weighted by atomic mass is 14.9. The van der Waals surface area contributed by atoms with Crippen LogP contribution in [0.4, 0.5) is 0 Å². The molecule has 2 rings (SSSR count). The highest BCUT2D eigenvalue weighted by Gasteiger charge is 2.29. The van der Waals surface area contributed by atoms with Crippen LogP contribution >= 0.6 is 0 Å². The van der Waals surface area contributed by atoms with Gasteiger partial charge in [0.05, 0.1) is 0 Å². The standard InChI is InChI=1S/C15H21N/c1-5-12(4)16-14-9-11(3)15-10(2)7-6-8-13(14)15/h5-8,11-12,14,16H,1,9H2,2-4H3. The zero-order chi connectivity index (χ0) is 11.7. The Kier molecular flexibility index (Phi) is 3.15. The van der Waals surface area contributed by atoms with Crippen LogP contribution in [0, 0.1) is 6.92 Å². The van der Waals surface area contributed by atoms with E-state index in [1.165, 1.54) is 17.5 Å². The van der Waals surface area contributed by atoms with Gasteiger partial charge in [-0.15, -0.1) is 6.58 Å². The number of nitrogens with one attached hydrogen (secondary N) is 1. The smallest absolute Gasteiger partial charge is 0.0334 e. The predicted octanol–water partition coefficient (Wildman–Crippen LogP) is 3.71. The van der Waals surface area contributed by atoms with Crippen LogP contribution in [0.15, 0.2) is 30.9 Å². The molecular formula is C15H21N. The zero-order valence-corrected chi connectivity index (χ0v) is 10.5. The second-order valence-corrected chi connectivity index (χ2v) is 4.96. The van der Waals surface area contributed by atoms with E-state index in [-0.39, 0.29) is 0 Å². The summed E-state index contributed by atoms with van der Waals surface area (Å²) in [5.74, 6) is 0.672. The lowest BCUT2D eigenvalue weighted by molar-refractivity contribution is 0.480. The van der Waals surface area contributed by atoms with E-state index < -0.39 is 0 Å². The van der Waals surface area contributed by atoms with Crippen LogP contribution in [-0.2, 0) is 0 Å². The van der Waals surface area contributed by atoms with Crippen molar-refractivity contribution in [2.75, 3.05) is 0 Å². The minimum atomic E-state index is 0.378. The molecule has 1 aliphatic rings. The number of aryl methyl sites for hydroxylation is 1. The second kappa shape index (κ2) is 4.42. The number of fused-ring (bicyclic) bond motifs is 1. The Morgan fingerprint density at radius 1 is 1.50 bits per heavy atom. The first-order valence-corrected chi connectivity index (χ1v) is 6.11. The van der Waals surface area contributed by atoms with Crippen molar-refractivity contribution in [3.63, 3.8) is 0 Å². The van der Waals surface area contributed by atoms with Crippen molar-refractivity contribution < 1.29 is 0 Å².